The van der Waals surface area contributed by atoms with Crippen LogP contribution in [0.1, 0.15) is 23.2 Å². The second-order valence-corrected chi connectivity index (χ2v) is 7.11. The zero-order chi connectivity index (χ0) is 20.0. The van der Waals surface area contributed by atoms with Gasteiger partial charge in [-0.25, -0.2) is 4.98 Å². The molecule has 28 heavy (non-hydrogen) atoms. The molecule has 0 spiro atoms. The molecule has 0 aliphatic heterocycles. The van der Waals surface area contributed by atoms with E-state index in [9.17, 15) is 13.2 Å². The minimum atomic E-state index is -4.39. The second kappa shape index (κ2) is 9.09. The molecule has 0 aliphatic carbocycles. The zero-order valence-corrected chi connectivity index (χ0v) is 16.3. The molecule has 1 aromatic carbocycles. The van der Waals surface area contributed by atoms with E-state index in [1.165, 1.54) is 10.9 Å². The first-order valence-electron chi connectivity index (χ1n) is 9.06. The number of H-pyrrole nitrogens is 1. The average molecular weight is 409 g/mol. The van der Waals surface area contributed by atoms with Crippen molar-refractivity contribution in [1.82, 2.24) is 20.6 Å². The van der Waals surface area contributed by atoms with E-state index in [2.05, 4.69) is 31.7 Å². The zero-order valence-electron chi connectivity index (χ0n) is 15.4. The number of alkyl halides is 3. The summed E-state index contributed by atoms with van der Waals surface area (Å²) in [4.78, 5) is 11.3. The van der Waals surface area contributed by atoms with Crippen molar-refractivity contribution < 1.29 is 13.2 Å². The molecule has 9 heteroatoms. The minimum absolute atomic E-state index is 0.368. The third-order valence-electron chi connectivity index (χ3n) is 4.14. The molecule has 0 saturated carbocycles. The van der Waals surface area contributed by atoms with Gasteiger partial charge in [-0.15, -0.1) is 11.3 Å². The Morgan fingerprint density at radius 3 is 2.79 bits per heavy atom. The van der Waals surface area contributed by atoms with E-state index in [0.717, 1.165) is 28.7 Å². The van der Waals surface area contributed by atoms with Crippen molar-refractivity contribution in [3.63, 3.8) is 0 Å². The van der Waals surface area contributed by atoms with Gasteiger partial charge in [0, 0.05) is 48.5 Å². The van der Waals surface area contributed by atoms with Gasteiger partial charge in [0.15, 0.2) is 11.7 Å². The minimum Gasteiger partial charge on any atom is -0.361 e. The van der Waals surface area contributed by atoms with Crippen molar-refractivity contribution in [3.8, 4) is 0 Å². The van der Waals surface area contributed by atoms with Crippen molar-refractivity contribution in [2.75, 3.05) is 19.6 Å². The van der Waals surface area contributed by atoms with E-state index in [4.69, 9.17) is 0 Å². The Balaban J connectivity index is 1.52. The number of nitrogens with one attached hydrogen (secondary N) is 3. The van der Waals surface area contributed by atoms with Crippen LogP contribution in [-0.2, 0) is 19.0 Å². The van der Waals surface area contributed by atoms with E-state index >= 15 is 0 Å². The number of aromatic nitrogens is 2. The highest BCUT2D eigenvalue weighted by atomic mass is 32.1. The van der Waals surface area contributed by atoms with Gasteiger partial charge in [0.25, 0.3) is 0 Å². The van der Waals surface area contributed by atoms with Gasteiger partial charge in [-0.1, -0.05) is 18.2 Å². The summed E-state index contributed by atoms with van der Waals surface area (Å²) in [6.07, 6.45) is -1.18. The van der Waals surface area contributed by atoms with Crippen molar-refractivity contribution >= 4 is 28.2 Å². The van der Waals surface area contributed by atoms with Crippen LogP contribution in [0.4, 0.5) is 13.2 Å². The van der Waals surface area contributed by atoms with Gasteiger partial charge in [0.1, 0.15) is 0 Å². The van der Waals surface area contributed by atoms with Gasteiger partial charge in [0.05, 0.1) is 5.01 Å². The lowest BCUT2D eigenvalue weighted by molar-refractivity contribution is -0.140. The molecular weight excluding hydrogens is 387 g/mol. The highest BCUT2D eigenvalue weighted by Crippen LogP contribution is 2.30. The number of hydrogen-bond acceptors (Lipinski definition) is 3. The Kier molecular flexibility index (Phi) is 6.56. The molecule has 5 nitrogen and oxygen atoms in total. The Labute approximate surface area is 165 Å². The SMILES string of the molecule is CCNC(=NCCc1nc(C(F)(F)F)cs1)NCCc1c[nH]c2ccccc12. The Morgan fingerprint density at radius 1 is 1.21 bits per heavy atom. The number of thiazole rings is 1. The fourth-order valence-electron chi connectivity index (χ4n) is 2.82. The number of rotatable bonds is 7. The van der Waals surface area contributed by atoms with Crippen molar-refractivity contribution in [2.45, 2.75) is 25.9 Å². The predicted octanol–water partition coefficient (Wildman–Crippen LogP) is 3.98. The van der Waals surface area contributed by atoms with Gasteiger partial charge >= 0.3 is 6.18 Å². The third kappa shape index (κ3) is 5.25. The smallest absolute Gasteiger partial charge is 0.361 e. The molecule has 150 valence electrons. The fraction of sp³-hybridized carbons (Fsp3) is 0.368. The number of para-hydroxylation sites is 1. The van der Waals surface area contributed by atoms with E-state index in [-0.39, 0.29) is 0 Å². The Bertz CT molecular complexity index is 929. The summed E-state index contributed by atoms with van der Waals surface area (Å²) >= 11 is 1.01. The van der Waals surface area contributed by atoms with Crippen LogP contribution in [0.3, 0.4) is 0 Å². The molecule has 3 N–H and O–H groups in total. The lowest BCUT2D eigenvalue weighted by Gasteiger charge is -2.11. The largest absolute Gasteiger partial charge is 0.434 e. The Hall–Kier alpha value is -2.55. The van der Waals surface area contributed by atoms with Crippen LogP contribution in [-0.4, -0.2) is 35.6 Å². The molecule has 0 atom stereocenters. The maximum atomic E-state index is 12.6. The highest BCUT2D eigenvalue weighted by molar-refractivity contribution is 7.09. The van der Waals surface area contributed by atoms with E-state index in [1.54, 1.807) is 0 Å². The summed E-state index contributed by atoms with van der Waals surface area (Å²) in [5.41, 5.74) is 1.50. The molecule has 0 amide bonds. The molecule has 0 bridgehead atoms. The summed E-state index contributed by atoms with van der Waals surface area (Å²) in [5.74, 6) is 0.648. The quantitative estimate of drug-likeness (QED) is 0.409. The molecule has 0 aliphatic rings. The average Bonchev–Trinajstić information content (AvgIpc) is 3.29. The van der Waals surface area contributed by atoms with Crippen LogP contribution in [0.2, 0.25) is 0 Å². The normalized spacial score (nSPS) is 12.5. The summed E-state index contributed by atoms with van der Waals surface area (Å²) in [7, 11) is 0. The van der Waals surface area contributed by atoms with Crippen LogP contribution >= 0.6 is 11.3 Å². The number of benzene rings is 1. The van der Waals surface area contributed by atoms with Crippen LogP contribution in [0.5, 0.6) is 0 Å². The molecule has 0 fully saturated rings. The molecule has 3 rings (SSSR count). The number of guanidine groups is 1. The van der Waals surface area contributed by atoms with E-state index < -0.39 is 11.9 Å². The molecule has 0 saturated heterocycles. The van der Waals surface area contributed by atoms with Crippen LogP contribution in [0, 0.1) is 0 Å². The number of aromatic amines is 1. The van der Waals surface area contributed by atoms with Gasteiger partial charge in [-0.05, 0) is 25.0 Å². The molecule has 2 heterocycles. The number of fused-ring (bicyclic) bond motifs is 1. The first-order chi connectivity index (χ1) is 13.5. The fourth-order valence-corrected chi connectivity index (χ4v) is 3.61. The van der Waals surface area contributed by atoms with Gasteiger partial charge in [-0.2, -0.15) is 13.2 Å². The molecule has 2 aromatic heterocycles. The Morgan fingerprint density at radius 2 is 2.04 bits per heavy atom. The summed E-state index contributed by atoms with van der Waals surface area (Å²) in [6.45, 7) is 3.73. The topological polar surface area (TPSA) is 65.1 Å². The van der Waals surface area contributed by atoms with Crippen LogP contribution in [0.15, 0.2) is 40.8 Å². The standard InChI is InChI=1S/C19H22F3N5S/c1-2-23-18(25-10-8-17-27-16(12-28-17)19(20,21)22)24-9-7-13-11-26-15-6-4-3-5-14(13)15/h3-6,11-12,26H,2,7-10H2,1H3,(H2,23,24,25). The van der Waals surface area contributed by atoms with Crippen molar-refractivity contribution in [2.24, 2.45) is 4.99 Å². The van der Waals surface area contributed by atoms with Crippen LogP contribution in [0.25, 0.3) is 10.9 Å². The number of nitrogens with zero attached hydrogens (tertiary/aromatic N) is 2. The van der Waals surface area contributed by atoms with Crippen molar-refractivity contribution in [3.05, 3.63) is 52.1 Å². The van der Waals surface area contributed by atoms with E-state index in [1.807, 2.05) is 31.3 Å². The number of halogens is 3. The van der Waals surface area contributed by atoms with Gasteiger partial charge in [-0.3, -0.25) is 4.99 Å². The molecule has 0 radical (unpaired) electrons. The van der Waals surface area contributed by atoms with Crippen molar-refractivity contribution in [1.29, 1.82) is 0 Å². The maximum Gasteiger partial charge on any atom is 0.434 e. The van der Waals surface area contributed by atoms with Gasteiger partial charge < -0.3 is 15.6 Å². The summed E-state index contributed by atoms with van der Waals surface area (Å²) < 4.78 is 37.8. The number of aliphatic imine (C=N–C) groups is 1. The lowest BCUT2D eigenvalue weighted by Crippen LogP contribution is -2.38. The highest BCUT2D eigenvalue weighted by Gasteiger charge is 2.33. The number of hydrogen-bond donors (Lipinski definition) is 3. The monoisotopic (exact) mass is 409 g/mol. The second-order valence-electron chi connectivity index (χ2n) is 6.17. The molecule has 0 unspecified atom stereocenters. The van der Waals surface area contributed by atoms with Gasteiger partial charge in [0.2, 0.25) is 0 Å². The summed E-state index contributed by atoms with van der Waals surface area (Å²) in [6, 6.07) is 8.14. The maximum absolute atomic E-state index is 12.6. The van der Waals surface area contributed by atoms with E-state index in [0.29, 0.717) is 37.0 Å². The van der Waals surface area contributed by atoms with Crippen LogP contribution < -0.4 is 10.6 Å². The lowest BCUT2D eigenvalue weighted by atomic mass is 10.1. The summed E-state index contributed by atoms with van der Waals surface area (Å²) in [5, 5.41) is 9.10. The molecular formula is C19H22F3N5S. The third-order valence-corrected chi connectivity index (χ3v) is 5.05. The molecule has 3 aromatic rings. The first-order valence-corrected chi connectivity index (χ1v) is 9.94. The predicted molar refractivity (Wildman–Crippen MR) is 107 cm³/mol. The first kappa shape index (κ1) is 20.2.